The van der Waals surface area contributed by atoms with E-state index < -0.39 is 0 Å². The molecule has 4 aliphatic rings. The number of nitrogens with zero attached hydrogens (tertiary/aromatic N) is 2. The summed E-state index contributed by atoms with van der Waals surface area (Å²) in [5.74, 6) is 1.48. The van der Waals surface area contributed by atoms with E-state index in [-0.39, 0.29) is 0 Å². The summed E-state index contributed by atoms with van der Waals surface area (Å²) in [5.41, 5.74) is 0.380. The van der Waals surface area contributed by atoms with Crippen LogP contribution in [0.15, 0.2) is 0 Å². The number of rotatable bonds is 3. The second kappa shape index (κ2) is 6.10. The van der Waals surface area contributed by atoms with Crippen molar-refractivity contribution in [2.75, 3.05) is 59.0 Å². The third-order valence-electron chi connectivity index (χ3n) is 6.30. The van der Waals surface area contributed by atoms with Gasteiger partial charge in [-0.3, -0.25) is 9.69 Å². The molecule has 0 bridgehead atoms. The lowest BCUT2D eigenvalue weighted by molar-refractivity contribution is -0.132. The summed E-state index contributed by atoms with van der Waals surface area (Å²) in [6.07, 6.45) is 4.74. The molecule has 1 spiro atoms. The Labute approximate surface area is 133 Å². The van der Waals surface area contributed by atoms with Gasteiger partial charge in [0.1, 0.15) is 0 Å². The first-order valence-electron chi connectivity index (χ1n) is 9.06. The van der Waals surface area contributed by atoms with Crippen LogP contribution in [0.2, 0.25) is 0 Å². The molecule has 0 aromatic heterocycles. The lowest BCUT2D eigenvalue weighted by Crippen LogP contribution is -2.40. The van der Waals surface area contributed by atoms with Crippen LogP contribution >= 0.6 is 0 Å². The second-order valence-electron chi connectivity index (χ2n) is 7.72. The standard InChI is InChI=1S/C17H29N3O2/c21-16(15-11-17(15)2-4-18-5-3-17)20-6-1-14(13-20)12-19-7-9-22-10-8-19/h14-15,18H,1-13H2. The Kier molecular flexibility index (Phi) is 4.13. The number of piperidine rings is 1. The Morgan fingerprint density at radius 1 is 1.18 bits per heavy atom. The number of carbonyl (C=O) groups is 1. The molecule has 1 saturated carbocycles. The maximum absolute atomic E-state index is 12.8. The van der Waals surface area contributed by atoms with Gasteiger partial charge in [-0.05, 0) is 50.1 Å². The number of carbonyl (C=O) groups excluding carboxylic acids is 1. The zero-order valence-corrected chi connectivity index (χ0v) is 13.6. The van der Waals surface area contributed by atoms with Gasteiger partial charge in [0.15, 0.2) is 0 Å². The molecule has 0 radical (unpaired) electrons. The SMILES string of the molecule is O=C(C1CC12CCNCC2)N1CCC(CN2CCOCC2)C1. The third-order valence-corrected chi connectivity index (χ3v) is 6.30. The highest BCUT2D eigenvalue weighted by Crippen LogP contribution is 2.59. The lowest BCUT2D eigenvalue weighted by Gasteiger charge is -2.29. The van der Waals surface area contributed by atoms with Crippen molar-refractivity contribution in [1.29, 1.82) is 0 Å². The summed E-state index contributed by atoms with van der Waals surface area (Å²) in [5, 5.41) is 3.42. The van der Waals surface area contributed by atoms with E-state index in [2.05, 4.69) is 15.1 Å². The van der Waals surface area contributed by atoms with Crippen LogP contribution in [-0.4, -0.2) is 74.7 Å². The molecular weight excluding hydrogens is 278 g/mol. The average molecular weight is 307 g/mol. The van der Waals surface area contributed by atoms with Crippen LogP contribution in [0, 0.1) is 17.3 Å². The topological polar surface area (TPSA) is 44.8 Å². The molecule has 2 atom stereocenters. The number of morpholine rings is 1. The molecule has 3 heterocycles. The number of likely N-dealkylation sites (tertiary alicyclic amines) is 1. The van der Waals surface area contributed by atoms with Gasteiger partial charge in [-0.25, -0.2) is 0 Å². The van der Waals surface area contributed by atoms with Gasteiger partial charge in [-0.2, -0.15) is 0 Å². The molecule has 5 nitrogen and oxygen atoms in total. The number of ether oxygens (including phenoxy) is 1. The molecule has 1 amide bonds. The van der Waals surface area contributed by atoms with Gasteiger partial charge in [0.05, 0.1) is 13.2 Å². The molecule has 124 valence electrons. The van der Waals surface area contributed by atoms with Crippen molar-refractivity contribution in [3.8, 4) is 0 Å². The predicted molar refractivity (Wildman–Crippen MR) is 84.6 cm³/mol. The summed E-state index contributed by atoms with van der Waals surface area (Å²) >= 11 is 0. The van der Waals surface area contributed by atoms with Gasteiger partial charge in [-0.15, -0.1) is 0 Å². The number of amides is 1. The predicted octanol–water partition coefficient (Wildman–Crippen LogP) is 0.557. The summed E-state index contributed by atoms with van der Waals surface area (Å²) in [4.78, 5) is 17.5. The van der Waals surface area contributed by atoms with Gasteiger partial charge in [0.2, 0.25) is 5.91 Å². The van der Waals surface area contributed by atoms with E-state index in [9.17, 15) is 4.79 Å². The smallest absolute Gasteiger partial charge is 0.226 e. The molecular formula is C17H29N3O2. The van der Waals surface area contributed by atoms with Crippen molar-refractivity contribution in [1.82, 2.24) is 15.1 Å². The van der Waals surface area contributed by atoms with Crippen LogP contribution in [0.1, 0.15) is 25.7 Å². The van der Waals surface area contributed by atoms with Crippen LogP contribution in [0.5, 0.6) is 0 Å². The number of hydrogen-bond acceptors (Lipinski definition) is 4. The first-order valence-corrected chi connectivity index (χ1v) is 9.06. The van der Waals surface area contributed by atoms with Gasteiger partial charge in [-0.1, -0.05) is 0 Å². The molecule has 0 aromatic rings. The first kappa shape index (κ1) is 14.9. The largest absolute Gasteiger partial charge is 0.379 e. The highest BCUT2D eigenvalue weighted by atomic mass is 16.5. The van der Waals surface area contributed by atoms with Crippen molar-refractivity contribution < 1.29 is 9.53 Å². The van der Waals surface area contributed by atoms with Crippen molar-refractivity contribution in [2.24, 2.45) is 17.3 Å². The Hall–Kier alpha value is -0.650. The average Bonchev–Trinajstić information content (AvgIpc) is 3.03. The highest BCUT2D eigenvalue weighted by molar-refractivity contribution is 5.83. The Morgan fingerprint density at radius 2 is 1.95 bits per heavy atom. The molecule has 5 heteroatoms. The monoisotopic (exact) mass is 307 g/mol. The van der Waals surface area contributed by atoms with E-state index in [4.69, 9.17) is 4.74 Å². The Bertz CT molecular complexity index is 416. The molecule has 4 rings (SSSR count). The normalized spacial score (nSPS) is 35.0. The van der Waals surface area contributed by atoms with Crippen molar-refractivity contribution in [2.45, 2.75) is 25.7 Å². The van der Waals surface area contributed by atoms with E-state index in [1.54, 1.807) is 0 Å². The fraction of sp³-hybridized carbons (Fsp3) is 0.941. The zero-order valence-electron chi connectivity index (χ0n) is 13.6. The number of nitrogens with one attached hydrogen (secondary N) is 1. The molecule has 22 heavy (non-hydrogen) atoms. The van der Waals surface area contributed by atoms with Crippen LogP contribution in [0.4, 0.5) is 0 Å². The van der Waals surface area contributed by atoms with E-state index >= 15 is 0 Å². The molecule has 1 N–H and O–H groups in total. The van der Waals surface area contributed by atoms with Crippen LogP contribution in [0.3, 0.4) is 0 Å². The lowest BCUT2D eigenvalue weighted by atomic mass is 9.91. The van der Waals surface area contributed by atoms with Crippen LogP contribution in [0.25, 0.3) is 0 Å². The summed E-state index contributed by atoms with van der Waals surface area (Å²) in [6, 6.07) is 0. The first-order chi connectivity index (χ1) is 10.8. The minimum absolute atomic E-state index is 0.344. The summed E-state index contributed by atoms with van der Waals surface area (Å²) in [6.45, 7) is 9.17. The molecule has 4 fully saturated rings. The molecule has 2 unspecified atom stereocenters. The van der Waals surface area contributed by atoms with Gasteiger partial charge in [0, 0.05) is 38.6 Å². The van der Waals surface area contributed by atoms with Crippen LogP contribution < -0.4 is 5.32 Å². The summed E-state index contributed by atoms with van der Waals surface area (Å²) in [7, 11) is 0. The quantitative estimate of drug-likeness (QED) is 0.827. The van der Waals surface area contributed by atoms with Gasteiger partial charge >= 0.3 is 0 Å². The second-order valence-corrected chi connectivity index (χ2v) is 7.72. The van der Waals surface area contributed by atoms with Gasteiger partial charge in [0.25, 0.3) is 0 Å². The molecule has 1 aliphatic carbocycles. The fourth-order valence-electron chi connectivity index (χ4n) is 4.73. The molecule has 0 aromatic carbocycles. The zero-order chi connectivity index (χ0) is 15.0. The van der Waals surface area contributed by atoms with Gasteiger partial charge < -0.3 is 15.0 Å². The molecule has 3 aliphatic heterocycles. The van der Waals surface area contributed by atoms with E-state index in [1.165, 1.54) is 19.3 Å². The van der Waals surface area contributed by atoms with Crippen molar-refractivity contribution in [3.05, 3.63) is 0 Å². The van der Waals surface area contributed by atoms with E-state index in [0.717, 1.165) is 65.4 Å². The minimum Gasteiger partial charge on any atom is -0.379 e. The maximum Gasteiger partial charge on any atom is 0.226 e. The molecule has 3 saturated heterocycles. The van der Waals surface area contributed by atoms with Crippen molar-refractivity contribution >= 4 is 5.91 Å². The van der Waals surface area contributed by atoms with Crippen molar-refractivity contribution in [3.63, 3.8) is 0 Å². The minimum atomic E-state index is 0.344. The Balaban J connectivity index is 1.27. The Morgan fingerprint density at radius 3 is 2.73 bits per heavy atom. The fourth-order valence-corrected chi connectivity index (χ4v) is 4.73. The summed E-state index contributed by atoms with van der Waals surface area (Å²) < 4.78 is 5.42. The highest BCUT2D eigenvalue weighted by Gasteiger charge is 2.58. The van der Waals surface area contributed by atoms with E-state index in [1.807, 2.05) is 0 Å². The van der Waals surface area contributed by atoms with E-state index in [0.29, 0.717) is 23.2 Å². The van der Waals surface area contributed by atoms with Crippen LogP contribution in [-0.2, 0) is 9.53 Å². The third kappa shape index (κ3) is 2.91. The number of hydrogen-bond donors (Lipinski definition) is 1. The maximum atomic E-state index is 12.8.